The first-order chi connectivity index (χ1) is 11.7. The number of carbonyl (C=O) groups excluding carboxylic acids is 1. The predicted octanol–water partition coefficient (Wildman–Crippen LogP) is 3.79. The average Bonchev–Trinajstić information content (AvgIpc) is 3.23. The van der Waals surface area contributed by atoms with Crippen LogP contribution in [-0.2, 0) is 4.79 Å². The maximum Gasteiger partial charge on any atom is 0.247 e. The Morgan fingerprint density at radius 3 is 2.75 bits per heavy atom. The predicted molar refractivity (Wildman–Crippen MR) is 90.4 cm³/mol. The van der Waals surface area contributed by atoms with Crippen LogP contribution in [0.2, 0.25) is 0 Å². The molecule has 0 unspecified atom stereocenters. The van der Waals surface area contributed by atoms with E-state index in [0.29, 0.717) is 11.8 Å². The van der Waals surface area contributed by atoms with Gasteiger partial charge in [0.15, 0.2) is 0 Å². The molecule has 1 fully saturated rings. The molecule has 1 heterocycles. The van der Waals surface area contributed by atoms with Gasteiger partial charge in [-0.1, -0.05) is 30.3 Å². The second-order valence-electron chi connectivity index (χ2n) is 6.12. The van der Waals surface area contributed by atoms with Crippen molar-refractivity contribution < 1.29 is 9.21 Å². The SMILES string of the molecule is Cc1cc(-c2nnco2)ccc1NC(=O)[C@H]1C[C@@H]1c1ccccc1. The van der Waals surface area contributed by atoms with Crippen LogP contribution in [0.1, 0.15) is 23.5 Å². The Kier molecular flexibility index (Phi) is 3.61. The zero-order valence-electron chi connectivity index (χ0n) is 13.3. The lowest BCUT2D eigenvalue weighted by molar-refractivity contribution is -0.117. The quantitative estimate of drug-likeness (QED) is 0.794. The van der Waals surface area contributed by atoms with Gasteiger partial charge in [-0.25, -0.2) is 0 Å². The number of aryl methyl sites for hydroxylation is 1. The van der Waals surface area contributed by atoms with Crippen molar-refractivity contribution in [3.05, 3.63) is 66.1 Å². The normalized spacial score (nSPS) is 19.0. The fourth-order valence-electron chi connectivity index (χ4n) is 3.01. The first-order valence-electron chi connectivity index (χ1n) is 7.95. The van der Waals surface area contributed by atoms with E-state index in [1.54, 1.807) is 0 Å². The number of amides is 1. The van der Waals surface area contributed by atoms with Gasteiger partial charge < -0.3 is 9.73 Å². The molecule has 0 radical (unpaired) electrons. The molecule has 5 heteroatoms. The number of aromatic nitrogens is 2. The van der Waals surface area contributed by atoms with E-state index < -0.39 is 0 Å². The van der Waals surface area contributed by atoms with E-state index in [2.05, 4.69) is 27.6 Å². The molecule has 5 nitrogen and oxygen atoms in total. The van der Waals surface area contributed by atoms with Crippen LogP contribution in [0.5, 0.6) is 0 Å². The maximum absolute atomic E-state index is 12.5. The molecule has 2 aromatic carbocycles. The van der Waals surface area contributed by atoms with Gasteiger partial charge in [0.05, 0.1) is 0 Å². The summed E-state index contributed by atoms with van der Waals surface area (Å²) in [6.45, 7) is 1.96. The smallest absolute Gasteiger partial charge is 0.247 e. The number of hydrogen-bond donors (Lipinski definition) is 1. The molecule has 1 aliphatic carbocycles. The number of nitrogens with zero attached hydrogens (tertiary/aromatic N) is 2. The topological polar surface area (TPSA) is 68.0 Å². The summed E-state index contributed by atoms with van der Waals surface area (Å²) in [5.74, 6) is 0.950. The minimum absolute atomic E-state index is 0.0578. The Hall–Kier alpha value is -2.95. The molecule has 2 atom stereocenters. The van der Waals surface area contributed by atoms with E-state index in [0.717, 1.165) is 23.2 Å². The van der Waals surface area contributed by atoms with Gasteiger partial charge in [-0.05, 0) is 48.6 Å². The molecule has 1 amide bonds. The van der Waals surface area contributed by atoms with Crippen LogP contribution < -0.4 is 5.32 Å². The Morgan fingerprint density at radius 2 is 2.04 bits per heavy atom. The van der Waals surface area contributed by atoms with Gasteiger partial charge in [0.25, 0.3) is 0 Å². The van der Waals surface area contributed by atoms with Crippen molar-refractivity contribution in [3.63, 3.8) is 0 Å². The molecule has 1 aromatic heterocycles. The van der Waals surface area contributed by atoms with Crippen LogP contribution >= 0.6 is 0 Å². The van der Waals surface area contributed by atoms with Crippen LogP contribution in [0, 0.1) is 12.8 Å². The van der Waals surface area contributed by atoms with Crippen molar-refractivity contribution in [1.29, 1.82) is 0 Å². The van der Waals surface area contributed by atoms with E-state index in [9.17, 15) is 4.79 Å². The van der Waals surface area contributed by atoms with Gasteiger partial charge >= 0.3 is 0 Å². The van der Waals surface area contributed by atoms with E-state index in [-0.39, 0.29) is 11.8 Å². The molecule has 0 aliphatic heterocycles. The molecule has 24 heavy (non-hydrogen) atoms. The minimum atomic E-state index is 0.0578. The zero-order chi connectivity index (χ0) is 16.5. The first kappa shape index (κ1) is 14.6. The van der Waals surface area contributed by atoms with Gasteiger partial charge in [0.1, 0.15) is 0 Å². The second-order valence-corrected chi connectivity index (χ2v) is 6.12. The van der Waals surface area contributed by atoms with Gasteiger partial charge in [-0.3, -0.25) is 4.79 Å². The number of hydrogen-bond acceptors (Lipinski definition) is 4. The van der Waals surface area contributed by atoms with Crippen LogP contribution in [0.25, 0.3) is 11.5 Å². The Balaban J connectivity index is 1.45. The lowest BCUT2D eigenvalue weighted by Gasteiger charge is -2.09. The third-order valence-electron chi connectivity index (χ3n) is 4.45. The summed E-state index contributed by atoms with van der Waals surface area (Å²) < 4.78 is 5.20. The summed E-state index contributed by atoms with van der Waals surface area (Å²) >= 11 is 0. The molecule has 1 saturated carbocycles. The highest BCUT2D eigenvalue weighted by Crippen LogP contribution is 2.48. The molecular weight excluding hydrogens is 302 g/mol. The highest BCUT2D eigenvalue weighted by Gasteiger charge is 2.43. The van der Waals surface area contributed by atoms with Crippen molar-refractivity contribution in [3.8, 4) is 11.5 Å². The molecule has 120 valence electrons. The van der Waals surface area contributed by atoms with E-state index >= 15 is 0 Å². The number of anilines is 1. The Morgan fingerprint density at radius 1 is 1.21 bits per heavy atom. The third kappa shape index (κ3) is 2.80. The number of nitrogens with one attached hydrogen (secondary N) is 1. The number of benzene rings is 2. The molecular formula is C19H17N3O2. The largest absolute Gasteiger partial charge is 0.423 e. The van der Waals surface area contributed by atoms with Crippen molar-refractivity contribution >= 4 is 11.6 Å². The molecule has 0 bridgehead atoms. The van der Waals surface area contributed by atoms with Crippen LogP contribution in [0.3, 0.4) is 0 Å². The summed E-state index contributed by atoms with van der Waals surface area (Å²) in [6.07, 6.45) is 2.21. The van der Waals surface area contributed by atoms with Crippen molar-refractivity contribution in [2.75, 3.05) is 5.32 Å². The van der Waals surface area contributed by atoms with E-state index in [1.807, 2.05) is 43.3 Å². The fraction of sp³-hybridized carbons (Fsp3) is 0.211. The lowest BCUT2D eigenvalue weighted by atomic mass is 10.1. The number of rotatable bonds is 4. The molecule has 1 aliphatic rings. The van der Waals surface area contributed by atoms with Gasteiger partial charge in [0.2, 0.25) is 18.2 Å². The second kappa shape index (κ2) is 5.92. The molecule has 4 rings (SSSR count). The van der Waals surface area contributed by atoms with Gasteiger partial charge in [-0.2, -0.15) is 0 Å². The Labute approximate surface area is 139 Å². The van der Waals surface area contributed by atoms with Crippen molar-refractivity contribution in [2.45, 2.75) is 19.3 Å². The van der Waals surface area contributed by atoms with E-state index in [4.69, 9.17) is 4.42 Å². The third-order valence-corrected chi connectivity index (χ3v) is 4.45. The van der Waals surface area contributed by atoms with Crippen molar-refractivity contribution in [1.82, 2.24) is 10.2 Å². The fourth-order valence-corrected chi connectivity index (χ4v) is 3.01. The minimum Gasteiger partial charge on any atom is -0.423 e. The molecule has 1 N–H and O–H groups in total. The van der Waals surface area contributed by atoms with Crippen molar-refractivity contribution in [2.24, 2.45) is 5.92 Å². The lowest BCUT2D eigenvalue weighted by Crippen LogP contribution is -2.15. The highest BCUT2D eigenvalue weighted by atomic mass is 16.4. The summed E-state index contributed by atoms with van der Waals surface area (Å²) in [6, 6.07) is 15.9. The van der Waals surface area contributed by atoms with E-state index in [1.165, 1.54) is 12.0 Å². The molecule has 0 saturated heterocycles. The highest BCUT2D eigenvalue weighted by molar-refractivity contribution is 5.96. The summed E-state index contributed by atoms with van der Waals surface area (Å²) in [5.41, 5.74) is 3.87. The summed E-state index contributed by atoms with van der Waals surface area (Å²) in [7, 11) is 0. The first-order valence-corrected chi connectivity index (χ1v) is 7.95. The van der Waals surface area contributed by atoms with Crippen LogP contribution in [-0.4, -0.2) is 16.1 Å². The number of carbonyl (C=O) groups is 1. The van der Waals surface area contributed by atoms with Gasteiger partial charge in [-0.15, -0.1) is 10.2 Å². The molecule has 3 aromatic rings. The standard InChI is InChI=1S/C19H17N3O2/c1-12-9-14(19-22-20-11-24-19)7-8-17(12)21-18(23)16-10-15(16)13-5-3-2-4-6-13/h2-9,11,15-16H,10H2,1H3,(H,21,23)/t15-,16+/m1/s1. The summed E-state index contributed by atoms with van der Waals surface area (Å²) in [4.78, 5) is 12.5. The summed E-state index contributed by atoms with van der Waals surface area (Å²) in [5, 5.41) is 10.6. The molecule has 0 spiro atoms. The maximum atomic E-state index is 12.5. The van der Waals surface area contributed by atoms with Gasteiger partial charge in [0, 0.05) is 17.2 Å². The van der Waals surface area contributed by atoms with Crippen LogP contribution in [0.15, 0.2) is 59.3 Å². The average molecular weight is 319 g/mol. The van der Waals surface area contributed by atoms with Crippen LogP contribution in [0.4, 0.5) is 5.69 Å². The Bertz CT molecular complexity index is 860. The monoisotopic (exact) mass is 319 g/mol. The zero-order valence-corrected chi connectivity index (χ0v) is 13.3.